The molecule has 3 amide bonds. The molecule has 0 aliphatic carbocycles. The van der Waals surface area contributed by atoms with E-state index >= 15 is 0 Å². The fourth-order valence-corrected chi connectivity index (χ4v) is 3.98. The fourth-order valence-electron chi connectivity index (χ4n) is 3.98. The number of carbonyl (C=O) groups is 2. The number of aryl methyl sites for hydroxylation is 1. The maximum Gasteiger partial charge on any atom is 0.323 e. The monoisotopic (exact) mass is 443 g/mol. The third-order valence-electron chi connectivity index (χ3n) is 5.97. The summed E-state index contributed by atoms with van der Waals surface area (Å²) in [6.07, 6.45) is 5.65. The molecule has 0 atom stereocenters. The van der Waals surface area contributed by atoms with Crippen molar-refractivity contribution in [1.82, 2.24) is 10.3 Å². The SMILES string of the molecule is Cc1cccc(NC(=O)Nc2ccc(N3CCCC3)c(C(=O)NCc3cccnc3)c2)c1C. The number of rotatable bonds is 6. The van der Waals surface area contributed by atoms with E-state index in [1.165, 1.54) is 0 Å². The second kappa shape index (κ2) is 10.2. The Hall–Kier alpha value is -3.87. The predicted octanol–water partition coefficient (Wildman–Crippen LogP) is 4.87. The molecule has 3 aromatic rings. The van der Waals surface area contributed by atoms with E-state index in [0.29, 0.717) is 17.8 Å². The highest BCUT2D eigenvalue weighted by Crippen LogP contribution is 2.28. The highest BCUT2D eigenvalue weighted by molar-refractivity contribution is 6.04. The molecular formula is C26H29N5O2. The van der Waals surface area contributed by atoms with Crippen LogP contribution in [0.2, 0.25) is 0 Å². The molecule has 1 aromatic heterocycles. The summed E-state index contributed by atoms with van der Waals surface area (Å²) in [6, 6.07) is 14.7. The molecule has 7 heteroatoms. The van der Waals surface area contributed by atoms with E-state index in [2.05, 4.69) is 25.8 Å². The Kier molecular flexibility index (Phi) is 6.88. The average molecular weight is 444 g/mol. The van der Waals surface area contributed by atoms with Gasteiger partial charge in [0.15, 0.2) is 0 Å². The second-order valence-electron chi connectivity index (χ2n) is 8.30. The molecule has 2 heterocycles. The van der Waals surface area contributed by atoms with Gasteiger partial charge in [-0.3, -0.25) is 9.78 Å². The van der Waals surface area contributed by atoms with Crippen LogP contribution >= 0.6 is 0 Å². The first-order valence-electron chi connectivity index (χ1n) is 11.2. The topological polar surface area (TPSA) is 86.4 Å². The van der Waals surface area contributed by atoms with Crippen LogP contribution in [-0.4, -0.2) is 30.0 Å². The van der Waals surface area contributed by atoms with Gasteiger partial charge in [0.1, 0.15) is 0 Å². The van der Waals surface area contributed by atoms with Crippen LogP contribution in [0.4, 0.5) is 21.9 Å². The molecule has 1 fully saturated rings. The predicted molar refractivity (Wildman–Crippen MR) is 132 cm³/mol. The highest BCUT2D eigenvalue weighted by Gasteiger charge is 2.20. The molecule has 0 unspecified atom stereocenters. The summed E-state index contributed by atoms with van der Waals surface area (Å²) < 4.78 is 0. The summed E-state index contributed by atoms with van der Waals surface area (Å²) in [4.78, 5) is 32.1. The standard InChI is InChI=1S/C26H29N5O2/c1-18-7-5-9-23(19(18)2)30-26(33)29-21-10-11-24(31-13-3-4-14-31)22(15-21)25(32)28-17-20-8-6-12-27-16-20/h5-12,15-16H,3-4,13-14,17H2,1-2H3,(H,28,32)(H2,29,30,33). The molecule has 0 bridgehead atoms. The highest BCUT2D eigenvalue weighted by atomic mass is 16.2. The van der Waals surface area contributed by atoms with Crippen molar-refractivity contribution < 1.29 is 9.59 Å². The molecule has 4 rings (SSSR count). The molecule has 0 spiro atoms. The van der Waals surface area contributed by atoms with Crippen LogP contribution in [0.15, 0.2) is 60.9 Å². The van der Waals surface area contributed by atoms with E-state index in [4.69, 9.17) is 0 Å². The van der Waals surface area contributed by atoms with Crippen molar-refractivity contribution >= 4 is 29.0 Å². The maximum absolute atomic E-state index is 13.1. The molecule has 1 aliphatic heterocycles. The van der Waals surface area contributed by atoms with Crippen molar-refractivity contribution in [3.8, 4) is 0 Å². The van der Waals surface area contributed by atoms with Gasteiger partial charge in [0.2, 0.25) is 0 Å². The number of pyridine rings is 1. The van der Waals surface area contributed by atoms with E-state index in [1.54, 1.807) is 18.5 Å². The molecular weight excluding hydrogens is 414 g/mol. The number of benzene rings is 2. The Labute approximate surface area is 194 Å². The van der Waals surface area contributed by atoms with Gasteiger partial charge in [-0.2, -0.15) is 0 Å². The first kappa shape index (κ1) is 22.3. The van der Waals surface area contributed by atoms with E-state index < -0.39 is 0 Å². The zero-order valence-corrected chi connectivity index (χ0v) is 19.0. The number of hydrogen-bond donors (Lipinski definition) is 3. The minimum Gasteiger partial charge on any atom is -0.371 e. The number of anilines is 3. The van der Waals surface area contributed by atoms with Gasteiger partial charge in [-0.25, -0.2) is 4.79 Å². The molecule has 0 saturated carbocycles. The van der Waals surface area contributed by atoms with Crippen LogP contribution in [0.25, 0.3) is 0 Å². The van der Waals surface area contributed by atoms with Gasteiger partial charge in [-0.1, -0.05) is 18.2 Å². The number of urea groups is 1. The Bertz CT molecular complexity index is 1140. The van der Waals surface area contributed by atoms with Gasteiger partial charge >= 0.3 is 6.03 Å². The molecule has 3 N–H and O–H groups in total. The number of hydrogen-bond acceptors (Lipinski definition) is 4. The summed E-state index contributed by atoms with van der Waals surface area (Å²) in [5.74, 6) is -0.181. The fraction of sp³-hybridized carbons (Fsp3) is 0.269. The molecule has 170 valence electrons. The third kappa shape index (κ3) is 5.49. The van der Waals surface area contributed by atoms with Gasteiger partial charge in [-0.15, -0.1) is 0 Å². The number of aromatic nitrogens is 1. The molecule has 1 aliphatic rings. The van der Waals surface area contributed by atoms with Crippen molar-refractivity contribution in [2.45, 2.75) is 33.2 Å². The molecule has 1 saturated heterocycles. The molecule has 33 heavy (non-hydrogen) atoms. The quantitative estimate of drug-likeness (QED) is 0.507. The Morgan fingerprint density at radius 3 is 2.58 bits per heavy atom. The van der Waals surface area contributed by atoms with Crippen LogP contribution in [-0.2, 0) is 6.54 Å². The van der Waals surface area contributed by atoms with Gasteiger partial charge in [0.25, 0.3) is 5.91 Å². The lowest BCUT2D eigenvalue weighted by atomic mass is 10.1. The zero-order chi connectivity index (χ0) is 23.2. The Morgan fingerprint density at radius 1 is 1.00 bits per heavy atom. The minimum absolute atomic E-state index is 0.181. The van der Waals surface area contributed by atoms with Crippen LogP contribution in [0, 0.1) is 13.8 Å². The van der Waals surface area contributed by atoms with Crippen molar-refractivity contribution in [2.75, 3.05) is 28.6 Å². The minimum atomic E-state index is -0.348. The van der Waals surface area contributed by atoms with Gasteiger partial charge in [0, 0.05) is 49.1 Å². The van der Waals surface area contributed by atoms with E-state index in [0.717, 1.165) is 54.0 Å². The lowest BCUT2D eigenvalue weighted by Crippen LogP contribution is -2.28. The van der Waals surface area contributed by atoms with Crippen LogP contribution in [0.5, 0.6) is 0 Å². The molecule has 2 aromatic carbocycles. The smallest absolute Gasteiger partial charge is 0.323 e. The van der Waals surface area contributed by atoms with E-state index in [-0.39, 0.29) is 11.9 Å². The van der Waals surface area contributed by atoms with Crippen molar-refractivity contribution in [3.63, 3.8) is 0 Å². The first-order chi connectivity index (χ1) is 16.0. The van der Waals surface area contributed by atoms with Crippen molar-refractivity contribution in [3.05, 3.63) is 83.2 Å². The number of carbonyl (C=O) groups excluding carboxylic acids is 2. The summed E-state index contributed by atoms with van der Waals surface area (Å²) >= 11 is 0. The van der Waals surface area contributed by atoms with Crippen LogP contribution in [0.3, 0.4) is 0 Å². The maximum atomic E-state index is 13.1. The lowest BCUT2D eigenvalue weighted by Gasteiger charge is -2.22. The Morgan fingerprint density at radius 2 is 1.82 bits per heavy atom. The molecule has 0 radical (unpaired) electrons. The molecule has 7 nitrogen and oxygen atoms in total. The number of nitrogens with zero attached hydrogens (tertiary/aromatic N) is 2. The number of nitrogens with one attached hydrogen (secondary N) is 3. The summed E-state index contributed by atoms with van der Waals surface area (Å²) in [7, 11) is 0. The lowest BCUT2D eigenvalue weighted by molar-refractivity contribution is 0.0951. The normalized spacial score (nSPS) is 13.0. The second-order valence-corrected chi connectivity index (χ2v) is 8.30. The average Bonchev–Trinajstić information content (AvgIpc) is 3.36. The third-order valence-corrected chi connectivity index (χ3v) is 5.97. The van der Waals surface area contributed by atoms with E-state index in [1.807, 2.05) is 56.3 Å². The van der Waals surface area contributed by atoms with Gasteiger partial charge < -0.3 is 20.9 Å². The van der Waals surface area contributed by atoms with Crippen LogP contribution in [0.1, 0.15) is 39.9 Å². The first-order valence-corrected chi connectivity index (χ1v) is 11.2. The van der Waals surface area contributed by atoms with E-state index in [9.17, 15) is 9.59 Å². The number of amides is 3. The van der Waals surface area contributed by atoms with Crippen molar-refractivity contribution in [1.29, 1.82) is 0 Å². The zero-order valence-electron chi connectivity index (χ0n) is 19.0. The Balaban J connectivity index is 1.52. The van der Waals surface area contributed by atoms with Gasteiger partial charge in [-0.05, 0) is 73.7 Å². The van der Waals surface area contributed by atoms with Gasteiger partial charge in [0.05, 0.1) is 5.56 Å². The summed E-state index contributed by atoms with van der Waals surface area (Å²) in [5, 5.41) is 8.74. The largest absolute Gasteiger partial charge is 0.371 e. The van der Waals surface area contributed by atoms with Crippen LogP contribution < -0.4 is 20.9 Å². The summed E-state index contributed by atoms with van der Waals surface area (Å²) in [6.45, 7) is 6.20. The van der Waals surface area contributed by atoms with Crippen molar-refractivity contribution in [2.24, 2.45) is 0 Å². The summed E-state index contributed by atoms with van der Waals surface area (Å²) in [5.41, 5.74) is 5.81.